The third kappa shape index (κ3) is 2.07. The van der Waals surface area contributed by atoms with E-state index in [4.69, 9.17) is 0 Å². The summed E-state index contributed by atoms with van der Waals surface area (Å²) < 4.78 is 15.7. The van der Waals surface area contributed by atoms with E-state index < -0.39 is 0 Å². The van der Waals surface area contributed by atoms with Crippen LogP contribution in [0.25, 0.3) is 11.4 Å². The first kappa shape index (κ1) is 10.3. The van der Waals surface area contributed by atoms with Crippen molar-refractivity contribution in [2.75, 3.05) is 0 Å². The van der Waals surface area contributed by atoms with Gasteiger partial charge in [0.25, 0.3) is 0 Å². The zero-order valence-electron chi connectivity index (χ0n) is 8.11. The second-order valence-corrected chi connectivity index (χ2v) is 4.01. The van der Waals surface area contributed by atoms with Crippen molar-refractivity contribution < 1.29 is 4.39 Å². The van der Waals surface area contributed by atoms with Crippen molar-refractivity contribution in [3.05, 3.63) is 34.8 Å². The van der Waals surface area contributed by atoms with E-state index >= 15 is 0 Å². The maximum absolute atomic E-state index is 13.2. The summed E-state index contributed by atoms with van der Waals surface area (Å²) in [5.41, 5.74) is 0.723. The highest BCUT2D eigenvalue weighted by atomic mass is 79.9. The molecule has 0 saturated carbocycles. The Morgan fingerprint density at radius 1 is 1.40 bits per heavy atom. The molecule has 0 amide bonds. The number of halogens is 2. The molecule has 15 heavy (non-hydrogen) atoms. The molecule has 0 fully saturated rings. The van der Waals surface area contributed by atoms with Gasteiger partial charge in [0.2, 0.25) is 0 Å². The fourth-order valence-electron chi connectivity index (χ4n) is 1.39. The average molecular weight is 270 g/mol. The minimum absolute atomic E-state index is 0.287. The van der Waals surface area contributed by atoms with Gasteiger partial charge in [0.1, 0.15) is 12.1 Å². The van der Waals surface area contributed by atoms with Gasteiger partial charge in [-0.15, -0.1) is 10.2 Å². The average Bonchev–Trinajstić information content (AvgIpc) is 2.63. The lowest BCUT2D eigenvalue weighted by atomic mass is 10.2. The molecule has 0 N–H and O–H groups in total. The van der Waals surface area contributed by atoms with E-state index in [0.717, 1.165) is 12.1 Å². The van der Waals surface area contributed by atoms with Crippen LogP contribution in [0.15, 0.2) is 29.0 Å². The summed E-state index contributed by atoms with van der Waals surface area (Å²) >= 11 is 3.25. The van der Waals surface area contributed by atoms with Gasteiger partial charge in [-0.25, -0.2) is 4.39 Å². The van der Waals surface area contributed by atoms with Crippen LogP contribution in [0.3, 0.4) is 0 Å². The highest BCUT2D eigenvalue weighted by molar-refractivity contribution is 9.10. The SMILES string of the molecule is CCn1cnnc1-c1cc(F)cc(Br)c1. The number of hydrogen-bond donors (Lipinski definition) is 0. The second kappa shape index (κ2) is 4.10. The molecular weight excluding hydrogens is 261 g/mol. The Bertz CT molecular complexity index is 461. The number of aromatic nitrogens is 3. The number of rotatable bonds is 2. The molecule has 0 atom stereocenters. The van der Waals surface area contributed by atoms with Crippen molar-refractivity contribution in [2.24, 2.45) is 0 Å². The van der Waals surface area contributed by atoms with Gasteiger partial charge in [-0.1, -0.05) is 15.9 Å². The Morgan fingerprint density at radius 2 is 2.20 bits per heavy atom. The molecule has 2 aromatic rings. The Labute approximate surface area is 95.1 Å². The highest BCUT2D eigenvalue weighted by Gasteiger charge is 2.07. The molecule has 0 bridgehead atoms. The number of hydrogen-bond acceptors (Lipinski definition) is 2. The summed E-state index contributed by atoms with van der Waals surface area (Å²) in [7, 11) is 0. The van der Waals surface area contributed by atoms with Crippen molar-refractivity contribution in [1.82, 2.24) is 14.8 Å². The van der Waals surface area contributed by atoms with E-state index in [0.29, 0.717) is 10.3 Å². The van der Waals surface area contributed by atoms with Crippen molar-refractivity contribution in [2.45, 2.75) is 13.5 Å². The van der Waals surface area contributed by atoms with Crippen LogP contribution in [0.2, 0.25) is 0 Å². The lowest BCUT2D eigenvalue weighted by Crippen LogP contribution is -1.96. The van der Waals surface area contributed by atoms with Gasteiger partial charge in [0.05, 0.1) is 0 Å². The molecule has 1 aromatic heterocycles. The molecule has 0 aliphatic rings. The molecular formula is C10H9BrFN3. The summed E-state index contributed by atoms with van der Waals surface area (Å²) in [4.78, 5) is 0. The Kier molecular flexibility index (Phi) is 2.81. The van der Waals surface area contributed by atoms with E-state index in [-0.39, 0.29) is 5.82 Å². The lowest BCUT2D eigenvalue weighted by molar-refractivity contribution is 0.627. The number of aryl methyl sites for hydroxylation is 1. The predicted molar refractivity (Wildman–Crippen MR) is 58.8 cm³/mol. The van der Waals surface area contributed by atoms with Crippen LogP contribution in [0.4, 0.5) is 4.39 Å². The summed E-state index contributed by atoms with van der Waals surface area (Å²) in [6.07, 6.45) is 1.63. The van der Waals surface area contributed by atoms with Crippen LogP contribution < -0.4 is 0 Å². The third-order valence-electron chi connectivity index (χ3n) is 2.08. The van der Waals surface area contributed by atoms with Gasteiger partial charge in [-0.2, -0.15) is 0 Å². The lowest BCUT2D eigenvalue weighted by Gasteiger charge is -2.03. The molecule has 0 aliphatic carbocycles. The van der Waals surface area contributed by atoms with Crippen LogP contribution in [-0.4, -0.2) is 14.8 Å². The first-order valence-electron chi connectivity index (χ1n) is 4.55. The minimum Gasteiger partial charge on any atom is -0.314 e. The number of benzene rings is 1. The van der Waals surface area contributed by atoms with E-state index in [1.807, 2.05) is 17.6 Å². The zero-order valence-corrected chi connectivity index (χ0v) is 9.70. The molecule has 0 saturated heterocycles. The largest absolute Gasteiger partial charge is 0.314 e. The van der Waals surface area contributed by atoms with Gasteiger partial charge >= 0.3 is 0 Å². The molecule has 5 heteroatoms. The maximum atomic E-state index is 13.2. The smallest absolute Gasteiger partial charge is 0.163 e. The molecule has 0 unspecified atom stereocenters. The Morgan fingerprint density at radius 3 is 2.87 bits per heavy atom. The summed E-state index contributed by atoms with van der Waals surface area (Å²) in [5, 5.41) is 7.77. The molecule has 0 aliphatic heterocycles. The molecule has 1 heterocycles. The van der Waals surface area contributed by atoms with E-state index in [1.165, 1.54) is 12.1 Å². The van der Waals surface area contributed by atoms with E-state index in [1.54, 1.807) is 6.33 Å². The zero-order chi connectivity index (χ0) is 10.8. The molecule has 0 radical (unpaired) electrons. The molecule has 0 spiro atoms. The summed E-state index contributed by atoms with van der Waals surface area (Å²) in [6, 6.07) is 4.68. The van der Waals surface area contributed by atoms with Crippen LogP contribution in [0.5, 0.6) is 0 Å². The fraction of sp³-hybridized carbons (Fsp3) is 0.200. The van der Waals surface area contributed by atoms with Crippen LogP contribution in [-0.2, 0) is 6.54 Å². The van der Waals surface area contributed by atoms with Crippen molar-refractivity contribution in [1.29, 1.82) is 0 Å². The van der Waals surface area contributed by atoms with Gasteiger partial charge in [0, 0.05) is 16.6 Å². The van der Waals surface area contributed by atoms with Gasteiger partial charge in [0.15, 0.2) is 5.82 Å². The molecule has 1 aromatic carbocycles. The van der Waals surface area contributed by atoms with Crippen LogP contribution >= 0.6 is 15.9 Å². The Balaban J connectivity index is 2.53. The standard InChI is InChI=1S/C10H9BrFN3/c1-2-15-6-13-14-10(15)7-3-8(11)5-9(12)4-7/h3-6H,2H2,1H3. The van der Waals surface area contributed by atoms with Gasteiger partial charge in [-0.3, -0.25) is 0 Å². The maximum Gasteiger partial charge on any atom is 0.163 e. The van der Waals surface area contributed by atoms with E-state index in [2.05, 4.69) is 26.1 Å². The van der Waals surface area contributed by atoms with Crippen molar-refractivity contribution >= 4 is 15.9 Å². The predicted octanol–water partition coefficient (Wildman–Crippen LogP) is 2.87. The summed E-state index contributed by atoms with van der Waals surface area (Å²) in [5.74, 6) is 0.391. The minimum atomic E-state index is -0.287. The highest BCUT2D eigenvalue weighted by Crippen LogP contribution is 2.22. The third-order valence-corrected chi connectivity index (χ3v) is 2.53. The first-order valence-corrected chi connectivity index (χ1v) is 5.34. The number of nitrogens with zero attached hydrogens (tertiary/aromatic N) is 3. The van der Waals surface area contributed by atoms with Crippen molar-refractivity contribution in [3.8, 4) is 11.4 Å². The molecule has 3 nitrogen and oxygen atoms in total. The van der Waals surface area contributed by atoms with Crippen LogP contribution in [0.1, 0.15) is 6.92 Å². The molecule has 78 valence electrons. The fourth-order valence-corrected chi connectivity index (χ4v) is 1.86. The monoisotopic (exact) mass is 269 g/mol. The normalized spacial score (nSPS) is 10.6. The van der Waals surface area contributed by atoms with Crippen LogP contribution in [0, 0.1) is 5.82 Å². The summed E-state index contributed by atoms with van der Waals surface area (Å²) in [6.45, 7) is 2.75. The molecule has 2 rings (SSSR count). The second-order valence-electron chi connectivity index (χ2n) is 3.10. The quantitative estimate of drug-likeness (QED) is 0.840. The first-order chi connectivity index (χ1) is 7.20. The van der Waals surface area contributed by atoms with Gasteiger partial charge in [-0.05, 0) is 25.1 Å². The van der Waals surface area contributed by atoms with E-state index in [9.17, 15) is 4.39 Å². The topological polar surface area (TPSA) is 30.7 Å². The Hall–Kier alpha value is -1.23. The van der Waals surface area contributed by atoms with Crippen molar-refractivity contribution in [3.63, 3.8) is 0 Å². The van der Waals surface area contributed by atoms with Gasteiger partial charge < -0.3 is 4.57 Å².